The Morgan fingerprint density at radius 3 is 2.57 bits per heavy atom. The third-order valence-corrected chi connectivity index (χ3v) is 6.39. The van der Waals surface area contributed by atoms with E-state index in [1.165, 1.54) is 20.8 Å². The second-order valence-corrected chi connectivity index (χ2v) is 8.84. The van der Waals surface area contributed by atoms with Crippen molar-refractivity contribution in [2.24, 2.45) is 5.92 Å². The monoisotopic (exact) mass is 436 g/mol. The smallest absolute Gasteiger partial charge is 0.332 e. The van der Waals surface area contributed by atoms with Gasteiger partial charge in [-0.05, 0) is 25.3 Å². The van der Waals surface area contributed by atoms with Crippen molar-refractivity contribution < 1.29 is 14.3 Å². The summed E-state index contributed by atoms with van der Waals surface area (Å²) in [6.45, 7) is 10.3. The number of nitrogens with one attached hydrogen (secondary N) is 1. The van der Waals surface area contributed by atoms with E-state index < -0.39 is 11.8 Å². The van der Waals surface area contributed by atoms with Crippen LogP contribution in [0.4, 0.5) is 0 Å². The molecular weight excluding hydrogens is 408 g/mol. The van der Waals surface area contributed by atoms with Crippen molar-refractivity contribution in [2.45, 2.75) is 47.3 Å². The van der Waals surface area contributed by atoms with Crippen LogP contribution in [0.2, 0.25) is 0 Å². The van der Waals surface area contributed by atoms with E-state index in [0.29, 0.717) is 49.6 Å². The fourth-order valence-corrected chi connectivity index (χ4v) is 4.90. The largest absolute Gasteiger partial charge is 0.380 e. The van der Waals surface area contributed by atoms with E-state index in [1.54, 1.807) is 4.57 Å². The summed E-state index contributed by atoms with van der Waals surface area (Å²) in [4.78, 5) is 53.0. The van der Waals surface area contributed by atoms with E-state index in [4.69, 9.17) is 4.74 Å². The highest BCUT2D eigenvalue weighted by Crippen LogP contribution is 2.29. The zero-order valence-electron chi connectivity index (χ0n) is 17.8. The third-order valence-electron chi connectivity index (χ3n) is 5.09. The van der Waals surface area contributed by atoms with Crippen molar-refractivity contribution >= 4 is 33.4 Å². The number of carbonyl (C=O) groups excluding carboxylic acids is 2. The molecule has 164 valence electrons. The lowest BCUT2D eigenvalue weighted by molar-refractivity contribution is -0.148. The van der Waals surface area contributed by atoms with Crippen LogP contribution in [0.15, 0.2) is 9.59 Å². The topological polar surface area (TPSA) is 103 Å². The van der Waals surface area contributed by atoms with Crippen molar-refractivity contribution in [3.05, 3.63) is 31.3 Å². The zero-order chi connectivity index (χ0) is 22.0. The summed E-state index contributed by atoms with van der Waals surface area (Å²) in [5, 5.41) is 3.03. The lowest BCUT2D eigenvalue weighted by atomic mass is 10.2. The van der Waals surface area contributed by atoms with E-state index in [-0.39, 0.29) is 23.7 Å². The Morgan fingerprint density at radius 2 is 1.90 bits per heavy atom. The molecule has 30 heavy (non-hydrogen) atoms. The van der Waals surface area contributed by atoms with Crippen LogP contribution in [0.25, 0.3) is 10.2 Å². The number of amides is 2. The minimum absolute atomic E-state index is 0.135. The van der Waals surface area contributed by atoms with Crippen molar-refractivity contribution in [1.82, 2.24) is 19.4 Å². The van der Waals surface area contributed by atoms with Crippen LogP contribution in [-0.4, -0.2) is 52.2 Å². The average Bonchev–Trinajstić information content (AvgIpc) is 3.01. The number of hydrogen-bond acceptors (Lipinski definition) is 6. The quantitative estimate of drug-likeness (QED) is 0.484. The van der Waals surface area contributed by atoms with Gasteiger partial charge in [0, 0.05) is 31.1 Å². The maximum atomic E-state index is 13.2. The molecule has 0 aromatic carbocycles. The second kappa shape index (κ2) is 9.13. The van der Waals surface area contributed by atoms with Crippen LogP contribution in [0.5, 0.6) is 0 Å². The Kier molecular flexibility index (Phi) is 6.77. The number of nitrogens with zero attached hydrogens (tertiary/aromatic N) is 3. The number of hydrogen-bond donors (Lipinski definition) is 1. The molecule has 1 N–H and O–H groups in total. The van der Waals surface area contributed by atoms with E-state index >= 15 is 0 Å². The molecule has 2 aromatic rings. The summed E-state index contributed by atoms with van der Waals surface area (Å²) in [6.07, 6.45) is 0. The van der Waals surface area contributed by atoms with E-state index in [2.05, 4.69) is 5.32 Å². The molecule has 2 amide bonds. The first-order valence-electron chi connectivity index (χ1n) is 10.2. The Morgan fingerprint density at radius 1 is 1.17 bits per heavy atom. The van der Waals surface area contributed by atoms with Gasteiger partial charge in [0.1, 0.15) is 4.83 Å². The van der Waals surface area contributed by atoms with Crippen molar-refractivity contribution in [1.29, 1.82) is 0 Å². The molecule has 3 rings (SSSR count). The van der Waals surface area contributed by atoms with Crippen molar-refractivity contribution in [3.8, 4) is 0 Å². The number of fused-ring (bicyclic) bond motifs is 1. The number of rotatable bonds is 8. The molecule has 9 nitrogen and oxygen atoms in total. The summed E-state index contributed by atoms with van der Waals surface area (Å²) in [7, 11) is 0. The maximum absolute atomic E-state index is 13.2. The molecule has 1 fully saturated rings. The van der Waals surface area contributed by atoms with Gasteiger partial charge in [-0.2, -0.15) is 0 Å². The van der Waals surface area contributed by atoms with Gasteiger partial charge in [0.2, 0.25) is 0 Å². The van der Waals surface area contributed by atoms with Crippen LogP contribution in [0.3, 0.4) is 0 Å². The number of aromatic nitrogens is 2. The number of ether oxygens (including phenoxy) is 1. The third kappa shape index (κ3) is 4.20. The highest BCUT2D eigenvalue weighted by Gasteiger charge is 2.28. The summed E-state index contributed by atoms with van der Waals surface area (Å²) in [5.74, 6) is -1.06. The first kappa shape index (κ1) is 22.2. The number of thiophene rings is 1. The fraction of sp³-hybridized carbons (Fsp3) is 0.600. The van der Waals surface area contributed by atoms with Gasteiger partial charge < -0.3 is 15.0 Å². The molecule has 3 heterocycles. The zero-order valence-corrected chi connectivity index (χ0v) is 18.6. The molecular formula is C20H28N4O5S. The standard InChI is InChI=1S/C20H28N4O5S/c1-5-29-9-8-23-19-15(17(26)24(20(23)28)10-12(2)3)13(4)14(30-19)11-22-7-6-21-16(25)18(22)27/h12H,5-11H2,1-4H3,(H,21,25). The molecule has 1 aliphatic rings. The number of aryl methyl sites for hydroxylation is 1. The van der Waals surface area contributed by atoms with Crippen molar-refractivity contribution in [2.75, 3.05) is 26.3 Å². The van der Waals surface area contributed by atoms with Crippen LogP contribution in [0, 0.1) is 12.8 Å². The summed E-state index contributed by atoms with van der Waals surface area (Å²) >= 11 is 1.33. The maximum Gasteiger partial charge on any atom is 0.332 e. The lowest BCUT2D eigenvalue weighted by Crippen LogP contribution is -2.51. The van der Waals surface area contributed by atoms with Gasteiger partial charge >= 0.3 is 17.5 Å². The molecule has 1 saturated heterocycles. The minimum Gasteiger partial charge on any atom is -0.380 e. The van der Waals surface area contributed by atoms with Gasteiger partial charge in [-0.1, -0.05) is 13.8 Å². The van der Waals surface area contributed by atoms with Gasteiger partial charge in [-0.25, -0.2) is 4.79 Å². The Bertz CT molecular complexity index is 1080. The number of carbonyl (C=O) groups is 2. The first-order valence-corrected chi connectivity index (χ1v) is 11.0. The molecule has 0 radical (unpaired) electrons. The van der Waals surface area contributed by atoms with E-state index in [9.17, 15) is 19.2 Å². The van der Waals surface area contributed by atoms with E-state index in [0.717, 1.165) is 10.4 Å². The minimum atomic E-state index is -0.618. The Balaban J connectivity index is 2.12. The predicted octanol–water partition coefficient (Wildman–Crippen LogP) is 0.684. The second-order valence-electron chi connectivity index (χ2n) is 7.75. The van der Waals surface area contributed by atoms with Crippen LogP contribution in [0.1, 0.15) is 31.2 Å². The SMILES string of the molecule is CCOCCn1c(=O)n(CC(C)C)c(=O)c2c(C)c(CN3CCNC(=O)C3=O)sc21. The normalized spacial score (nSPS) is 14.8. The molecule has 0 aliphatic carbocycles. The van der Waals surface area contributed by atoms with Gasteiger partial charge in [0.05, 0.1) is 25.1 Å². The van der Waals surface area contributed by atoms with Crippen LogP contribution < -0.4 is 16.6 Å². The predicted molar refractivity (Wildman–Crippen MR) is 115 cm³/mol. The molecule has 1 aliphatic heterocycles. The molecule has 0 atom stereocenters. The summed E-state index contributed by atoms with van der Waals surface area (Å²) < 4.78 is 8.33. The summed E-state index contributed by atoms with van der Waals surface area (Å²) in [6, 6.07) is 0. The molecule has 10 heteroatoms. The van der Waals surface area contributed by atoms with Crippen LogP contribution in [-0.2, 0) is 34.0 Å². The highest BCUT2D eigenvalue weighted by atomic mass is 32.1. The number of piperazine rings is 1. The van der Waals surface area contributed by atoms with Gasteiger partial charge in [0.25, 0.3) is 5.56 Å². The lowest BCUT2D eigenvalue weighted by Gasteiger charge is -2.26. The molecule has 2 aromatic heterocycles. The highest BCUT2D eigenvalue weighted by molar-refractivity contribution is 7.18. The van der Waals surface area contributed by atoms with Crippen LogP contribution >= 0.6 is 11.3 Å². The molecule has 0 unspecified atom stereocenters. The van der Waals surface area contributed by atoms with Gasteiger partial charge in [0.15, 0.2) is 0 Å². The fourth-order valence-electron chi connectivity index (χ4n) is 3.56. The van der Waals surface area contributed by atoms with Crippen molar-refractivity contribution in [3.63, 3.8) is 0 Å². The Labute approximate surface area is 178 Å². The average molecular weight is 437 g/mol. The first-order chi connectivity index (χ1) is 14.3. The van der Waals surface area contributed by atoms with Gasteiger partial charge in [-0.15, -0.1) is 11.3 Å². The van der Waals surface area contributed by atoms with Gasteiger partial charge in [-0.3, -0.25) is 23.5 Å². The molecule has 0 bridgehead atoms. The van der Waals surface area contributed by atoms with E-state index in [1.807, 2.05) is 27.7 Å². The summed E-state index contributed by atoms with van der Waals surface area (Å²) in [5.41, 5.74) is 0.0997. The molecule has 0 saturated carbocycles. The Hall–Kier alpha value is -2.46. The molecule has 0 spiro atoms.